The molecule has 7 heteroatoms. The number of nitrogens with zero attached hydrogens (tertiary/aromatic N) is 6. The number of hydrogen-bond donors (Lipinski definition) is 0. The van der Waals surface area contributed by atoms with Crippen LogP contribution in [-0.2, 0) is 19.5 Å². The van der Waals surface area contributed by atoms with Gasteiger partial charge in [-0.1, -0.05) is 6.42 Å². The van der Waals surface area contributed by atoms with Gasteiger partial charge in [-0.05, 0) is 18.9 Å². The Labute approximate surface area is 134 Å². The summed E-state index contributed by atoms with van der Waals surface area (Å²) in [5.41, 5.74) is 1.39. The summed E-state index contributed by atoms with van der Waals surface area (Å²) in [4.78, 5) is 0. The van der Waals surface area contributed by atoms with Crippen LogP contribution in [0.4, 0.5) is 0 Å². The molecule has 6 nitrogen and oxygen atoms in total. The molecule has 0 aromatic carbocycles. The summed E-state index contributed by atoms with van der Waals surface area (Å²) in [6.07, 6.45) is 9.77. The Morgan fingerprint density at radius 2 is 2.27 bits per heavy atom. The second-order valence-corrected chi connectivity index (χ2v) is 5.68. The van der Waals surface area contributed by atoms with Gasteiger partial charge in [-0.2, -0.15) is 10.4 Å². The number of aromatic nitrogens is 5. The van der Waals surface area contributed by atoms with Gasteiger partial charge in [-0.25, -0.2) is 0 Å². The average molecular weight is 317 g/mol. The fourth-order valence-corrected chi connectivity index (χ4v) is 2.83. The predicted octanol–water partition coefficient (Wildman–Crippen LogP) is 2.50. The van der Waals surface area contributed by atoms with Crippen LogP contribution in [0.3, 0.4) is 0 Å². The second kappa shape index (κ2) is 6.75. The molecule has 0 spiro atoms. The number of alkyl halides is 1. The summed E-state index contributed by atoms with van der Waals surface area (Å²) in [6.45, 7) is 1.53. The minimum atomic E-state index is 0.508. The van der Waals surface area contributed by atoms with Crippen LogP contribution in [0.2, 0.25) is 0 Å². The second-order valence-electron chi connectivity index (χ2n) is 5.30. The van der Waals surface area contributed by atoms with Crippen molar-refractivity contribution >= 4 is 23.3 Å². The first-order valence-corrected chi connectivity index (χ1v) is 7.98. The summed E-state index contributed by atoms with van der Waals surface area (Å²) < 4.78 is 3.84. The zero-order chi connectivity index (χ0) is 15.4. The average Bonchev–Trinajstić information content (AvgIpc) is 3.06. The Kier molecular flexibility index (Phi) is 4.54. The number of halogens is 1. The van der Waals surface area contributed by atoms with E-state index in [0.29, 0.717) is 23.8 Å². The van der Waals surface area contributed by atoms with Crippen LogP contribution < -0.4 is 0 Å². The lowest BCUT2D eigenvalue weighted by atomic mass is 10.2. The van der Waals surface area contributed by atoms with Gasteiger partial charge in [-0.3, -0.25) is 4.68 Å². The maximum Gasteiger partial charge on any atom is 0.174 e. The smallest absolute Gasteiger partial charge is 0.174 e. The summed E-state index contributed by atoms with van der Waals surface area (Å²) in [7, 11) is 0. The van der Waals surface area contributed by atoms with E-state index in [-0.39, 0.29) is 0 Å². The van der Waals surface area contributed by atoms with E-state index in [2.05, 4.69) is 25.9 Å². The normalized spacial score (nSPS) is 15.2. The molecule has 22 heavy (non-hydrogen) atoms. The molecule has 3 rings (SSSR count). The Hall–Kier alpha value is -2.13. The van der Waals surface area contributed by atoms with E-state index in [4.69, 9.17) is 11.6 Å². The summed E-state index contributed by atoms with van der Waals surface area (Å²) in [6, 6.07) is 2.24. The lowest BCUT2D eigenvalue weighted by Crippen LogP contribution is -2.05. The fourth-order valence-electron chi connectivity index (χ4n) is 2.66. The molecular weight excluding hydrogens is 300 g/mol. The van der Waals surface area contributed by atoms with Gasteiger partial charge in [0.2, 0.25) is 0 Å². The van der Waals surface area contributed by atoms with Gasteiger partial charge in [0.1, 0.15) is 11.9 Å². The van der Waals surface area contributed by atoms with E-state index in [9.17, 15) is 5.26 Å². The first kappa shape index (κ1) is 14.8. The Balaban J connectivity index is 1.92. The van der Waals surface area contributed by atoms with E-state index in [1.807, 2.05) is 6.20 Å². The molecule has 0 saturated carbocycles. The van der Waals surface area contributed by atoms with Crippen molar-refractivity contribution in [2.45, 2.75) is 38.8 Å². The molecule has 0 N–H and O–H groups in total. The molecule has 0 bridgehead atoms. The van der Waals surface area contributed by atoms with Gasteiger partial charge in [0.15, 0.2) is 5.82 Å². The van der Waals surface area contributed by atoms with E-state index in [1.165, 1.54) is 6.42 Å². The number of fused-ring (bicyclic) bond motifs is 1. The number of hydrogen-bond acceptors (Lipinski definition) is 4. The Bertz CT molecular complexity index is 721. The van der Waals surface area contributed by atoms with Crippen LogP contribution in [0.1, 0.15) is 36.5 Å². The van der Waals surface area contributed by atoms with Crippen molar-refractivity contribution < 1.29 is 0 Å². The van der Waals surface area contributed by atoms with Crippen LogP contribution in [0.5, 0.6) is 0 Å². The Morgan fingerprint density at radius 3 is 3.09 bits per heavy atom. The molecule has 1 aliphatic heterocycles. The molecule has 3 heterocycles. The quantitative estimate of drug-likeness (QED) is 0.641. The van der Waals surface area contributed by atoms with E-state index in [1.54, 1.807) is 17.0 Å². The minimum Gasteiger partial charge on any atom is -0.310 e. The molecule has 0 fully saturated rings. The minimum absolute atomic E-state index is 0.508. The van der Waals surface area contributed by atoms with Crippen LogP contribution in [0, 0.1) is 11.3 Å². The summed E-state index contributed by atoms with van der Waals surface area (Å²) >= 11 is 5.70. The topological polar surface area (TPSA) is 72.3 Å². The molecule has 2 aromatic rings. The first-order valence-electron chi connectivity index (χ1n) is 7.44. The SMILES string of the molecule is N#C/C(=C/c1cnn(CCCl)c1)c1nnc2n1CCCCC2. The number of rotatable bonds is 4. The summed E-state index contributed by atoms with van der Waals surface area (Å²) in [5.74, 6) is 2.14. The highest BCUT2D eigenvalue weighted by molar-refractivity contribution is 6.17. The molecule has 0 unspecified atom stereocenters. The van der Waals surface area contributed by atoms with Crippen molar-refractivity contribution in [3.8, 4) is 6.07 Å². The van der Waals surface area contributed by atoms with Crippen LogP contribution in [0.25, 0.3) is 11.6 Å². The lowest BCUT2D eigenvalue weighted by molar-refractivity contribution is 0.627. The van der Waals surface area contributed by atoms with Gasteiger partial charge in [0.25, 0.3) is 0 Å². The van der Waals surface area contributed by atoms with Gasteiger partial charge < -0.3 is 4.57 Å². The third-order valence-corrected chi connectivity index (χ3v) is 3.92. The molecule has 0 amide bonds. The predicted molar refractivity (Wildman–Crippen MR) is 84.0 cm³/mol. The largest absolute Gasteiger partial charge is 0.310 e. The highest BCUT2D eigenvalue weighted by Gasteiger charge is 2.17. The lowest BCUT2D eigenvalue weighted by Gasteiger charge is -2.05. The highest BCUT2D eigenvalue weighted by Crippen LogP contribution is 2.21. The maximum atomic E-state index is 9.49. The molecule has 0 atom stereocenters. The van der Waals surface area contributed by atoms with Crippen molar-refractivity contribution in [2.75, 3.05) is 5.88 Å². The van der Waals surface area contributed by atoms with Crippen molar-refractivity contribution in [1.82, 2.24) is 24.5 Å². The van der Waals surface area contributed by atoms with Crippen LogP contribution in [0.15, 0.2) is 12.4 Å². The number of nitriles is 1. The maximum absolute atomic E-state index is 9.49. The molecule has 0 aliphatic carbocycles. The zero-order valence-corrected chi connectivity index (χ0v) is 13.0. The third-order valence-electron chi connectivity index (χ3n) is 3.75. The third kappa shape index (κ3) is 3.04. The Morgan fingerprint density at radius 1 is 1.36 bits per heavy atom. The highest BCUT2D eigenvalue weighted by atomic mass is 35.5. The number of allylic oxidation sites excluding steroid dienone is 1. The standard InChI is InChI=1S/C15H17ClN6/c16-5-7-21-11-12(10-18-21)8-13(9-17)15-20-19-14-4-2-1-3-6-22(14)15/h8,10-11H,1-7H2/b13-8-. The van der Waals surface area contributed by atoms with Crippen molar-refractivity contribution in [3.63, 3.8) is 0 Å². The van der Waals surface area contributed by atoms with Gasteiger partial charge in [0.05, 0.1) is 18.3 Å². The first-order chi connectivity index (χ1) is 10.8. The van der Waals surface area contributed by atoms with Crippen LogP contribution in [-0.4, -0.2) is 30.4 Å². The van der Waals surface area contributed by atoms with Crippen LogP contribution >= 0.6 is 11.6 Å². The van der Waals surface area contributed by atoms with E-state index < -0.39 is 0 Å². The number of aryl methyl sites for hydroxylation is 2. The summed E-state index contributed by atoms with van der Waals surface area (Å²) in [5, 5.41) is 22.2. The molecule has 2 aromatic heterocycles. The van der Waals surface area contributed by atoms with Gasteiger partial charge in [0, 0.05) is 30.6 Å². The fraction of sp³-hybridized carbons (Fsp3) is 0.467. The van der Waals surface area contributed by atoms with E-state index >= 15 is 0 Å². The molecule has 0 saturated heterocycles. The van der Waals surface area contributed by atoms with Gasteiger partial charge >= 0.3 is 0 Å². The molecular formula is C15H17ClN6. The van der Waals surface area contributed by atoms with Crippen molar-refractivity contribution in [2.24, 2.45) is 0 Å². The van der Waals surface area contributed by atoms with Crippen molar-refractivity contribution in [3.05, 3.63) is 29.6 Å². The molecule has 0 radical (unpaired) electrons. The van der Waals surface area contributed by atoms with Crippen molar-refractivity contribution in [1.29, 1.82) is 5.26 Å². The zero-order valence-electron chi connectivity index (χ0n) is 12.2. The van der Waals surface area contributed by atoms with E-state index in [0.717, 1.165) is 37.2 Å². The monoisotopic (exact) mass is 316 g/mol. The molecule has 1 aliphatic rings. The molecule has 114 valence electrons. The van der Waals surface area contributed by atoms with Gasteiger partial charge in [-0.15, -0.1) is 21.8 Å².